The van der Waals surface area contributed by atoms with E-state index in [0.29, 0.717) is 11.5 Å². The fourth-order valence-electron chi connectivity index (χ4n) is 1.12. The SMILES string of the molecule is Oc1cccc(Oc2ccncc2Br)c1. The van der Waals surface area contributed by atoms with E-state index in [9.17, 15) is 5.11 Å². The fourth-order valence-corrected chi connectivity index (χ4v) is 1.45. The van der Waals surface area contributed by atoms with Crippen molar-refractivity contribution in [3.05, 3.63) is 47.2 Å². The summed E-state index contributed by atoms with van der Waals surface area (Å²) in [5, 5.41) is 9.26. The maximum atomic E-state index is 9.26. The van der Waals surface area contributed by atoms with E-state index in [1.54, 1.807) is 42.7 Å². The quantitative estimate of drug-likeness (QED) is 0.906. The van der Waals surface area contributed by atoms with E-state index in [1.165, 1.54) is 0 Å². The number of ether oxygens (including phenoxy) is 1. The van der Waals surface area contributed by atoms with Gasteiger partial charge in [0.15, 0.2) is 0 Å². The molecule has 0 atom stereocenters. The number of aromatic nitrogens is 1. The lowest BCUT2D eigenvalue weighted by atomic mass is 10.3. The smallest absolute Gasteiger partial charge is 0.144 e. The van der Waals surface area contributed by atoms with Crippen molar-refractivity contribution in [2.45, 2.75) is 0 Å². The molecule has 1 N–H and O–H groups in total. The van der Waals surface area contributed by atoms with Gasteiger partial charge in [0.25, 0.3) is 0 Å². The first-order chi connectivity index (χ1) is 7.25. The number of benzene rings is 1. The van der Waals surface area contributed by atoms with Gasteiger partial charge in [0.2, 0.25) is 0 Å². The summed E-state index contributed by atoms with van der Waals surface area (Å²) in [6.45, 7) is 0. The molecular formula is C11H8BrNO2. The molecule has 1 aromatic carbocycles. The molecule has 76 valence electrons. The van der Waals surface area contributed by atoms with Crippen molar-refractivity contribution in [3.8, 4) is 17.2 Å². The minimum atomic E-state index is 0.178. The molecule has 1 heterocycles. The number of phenols is 1. The highest BCUT2D eigenvalue weighted by atomic mass is 79.9. The van der Waals surface area contributed by atoms with Crippen LogP contribution in [-0.4, -0.2) is 10.1 Å². The maximum absolute atomic E-state index is 9.26. The summed E-state index contributed by atoms with van der Waals surface area (Å²) < 4.78 is 6.31. The Labute approximate surface area is 95.5 Å². The van der Waals surface area contributed by atoms with Crippen molar-refractivity contribution in [1.82, 2.24) is 4.98 Å². The summed E-state index contributed by atoms with van der Waals surface area (Å²) >= 11 is 3.32. The third-order valence-electron chi connectivity index (χ3n) is 1.78. The van der Waals surface area contributed by atoms with Crippen LogP contribution in [0.4, 0.5) is 0 Å². The number of pyridine rings is 1. The number of hydrogen-bond acceptors (Lipinski definition) is 3. The number of hydrogen-bond donors (Lipinski definition) is 1. The summed E-state index contributed by atoms with van der Waals surface area (Å²) in [5.41, 5.74) is 0. The fraction of sp³-hybridized carbons (Fsp3) is 0. The third-order valence-corrected chi connectivity index (χ3v) is 2.38. The predicted molar refractivity (Wildman–Crippen MR) is 60.1 cm³/mol. The topological polar surface area (TPSA) is 42.4 Å². The highest BCUT2D eigenvalue weighted by molar-refractivity contribution is 9.10. The first-order valence-corrected chi connectivity index (χ1v) is 5.11. The monoisotopic (exact) mass is 265 g/mol. The molecule has 0 bridgehead atoms. The van der Waals surface area contributed by atoms with E-state index in [1.807, 2.05) is 0 Å². The van der Waals surface area contributed by atoms with Crippen LogP contribution in [-0.2, 0) is 0 Å². The van der Waals surface area contributed by atoms with Gasteiger partial charge in [-0.15, -0.1) is 0 Å². The second-order valence-electron chi connectivity index (χ2n) is 2.91. The van der Waals surface area contributed by atoms with Gasteiger partial charge in [0.1, 0.15) is 17.2 Å². The lowest BCUT2D eigenvalue weighted by Gasteiger charge is -2.06. The molecule has 4 heteroatoms. The highest BCUT2D eigenvalue weighted by Gasteiger charge is 2.02. The Hall–Kier alpha value is -1.55. The molecule has 3 nitrogen and oxygen atoms in total. The Morgan fingerprint density at radius 2 is 2.13 bits per heavy atom. The van der Waals surface area contributed by atoms with Crippen LogP contribution in [0.15, 0.2) is 47.2 Å². The summed E-state index contributed by atoms with van der Waals surface area (Å²) in [6, 6.07) is 8.38. The summed E-state index contributed by atoms with van der Waals surface area (Å²) in [5.74, 6) is 1.43. The molecule has 1 aromatic heterocycles. The minimum Gasteiger partial charge on any atom is -0.508 e. The van der Waals surface area contributed by atoms with Gasteiger partial charge in [-0.1, -0.05) is 6.07 Å². The summed E-state index contributed by atoms with van der Waals surface area (Å²) in [7, 11) is 0. The van der Waals surface area contributed by atoms with Crippen LogP contribution in [0.3, 0.4) is 0 Å². The standard InChI is InChI=1S/C11H8BrNO2/c12-10-7-13-5-4-11(10)15-9-3-1-2-8(14)6-9/h1-7,14H. The molecule has 2 aromatic rings. The average molecular weight is 266 g/mol. The Balaban J connectivity index is 2.26. The van der Waals surface area contributed by atoms with Gasteiger partial charge in [-0.2, -0.15) is 0 Å². The molecule has 0 unspecified atom stereocenters. The van der Waals surface area contributed by atoms with Crippen LogP contribution in [0, 0.1) is 0 Å². The van der Waals surface area contributed by atoms with Gasteiger partial charge in [-0.05, 0) is 28.1 Å². The Morgan fingerprint density at radius 3 is 2.87 bits per heavy atom. The van der Waals surface area contributed by atoms with Crippen molar-refractivity contribution in [1.29, 1.82) is 0 Å². The van der Waals surface area contributed by atoms with Crippen LogP contribution < -0.4 is 4.74 Å². The van der Waals surface area contributed by atoms with E-state index < -0.39 is 0 Å². The van der Waals surface area contributed by atoms with Crippen molar-refractivity contribution in [3.63, 3.8) is 0 Å². The van der Waals surface area contributed by atoms with Crippen molar-refractivity contribution in [2.75, 3.05) is 0 Å². The van der Waals surface area contributed by atoms with E-state index in [-0.39, 0.29) is 5.75 Å². The molecule has 0 saturated carbocycles. The second-order valence-corrected chi connectivity index (χ2v) is 3.76. The Kier molecular flexibility index (Phi) is 2.87. The van der Waals surface area contributed by atoms with E-state index in [2.05, 4.69) is 20.9 Å². The molecule has 2 rings (SSSR count). The Bertz CT molecular complexity index is 474. The van der Waals surface area contributed by atoms with Crippen LogP contribution >= 0.6 is 15.9 Å². The average Bonchev–Trinajstić information content (AvgIpc) is 2.22. The van der Waals surface area contributed by atoms with Gasteiger partial charge in [-0.25, -0.2) is 0 Å². The molecule has 0 aliphatic rings. The first-order valence-electron chi connectivity index (χ1n) is 4.32. The minimum absolute atomic E-state index is 0.178. The van der Waals surface area contributed by atoms with Crippen LogP contribution in [0.1, 0.15) is 0 Å². The molecular weight excluding hydrogens is 258 g/mol. The van der Waals surface area contributed by atoms with Gasteiger partial charge < -0.3 is 9.84 Å². The van der Waals surface area contributed by atoms with E-state index in [0.717, 1.165) is 4.47 Å². The predicted octanol–water partition coefficient (Wildman–Crippen LogP) is 3.34. The van der Waals surface area contributed by atoms with Gasteiger partial charge in [-0.3, -0.25) is 4.98 Å². The molecule has 0 saturated heterocycles. The van der Waals surface area contributed by atoms with E-state index >= 15 is 0 Å². The third kappa shape index (κ3) is 2.47. The van der Waals surface area contributed by atoms with Crippen LogP contribution in [0.5, 0.6) is 17.2 Å². The number of nitrogens with zero attached hydrogens (tertiary/aromatic N) is 1. The zero-order valence-electron chi connectivity index (χ0n) is 7.72. The second kappa shape index (κ2) is 4.31. The first kappa shape index (κ1) is 9.98. The molecule has 0 aliphatic carbocycles. The van der Waals surface area contributed by atoms with E-state index in [4.69, 9.17) is 4.74 Å². The van der Waals surface area contributed by atoms with Gasteiger partial charge in [0.05, 0.1) is 4.47 Å². The van der Waals surface area contributed by atoms with Crippen LogP contribution in [0.2, 0.25) is 0 Å². The zero-order chi connectivity index (χ0) is 10.7. The highest BCUT2D eigenvalue weighted by Crippen LogP contribution is 2.29. The number of rotatable bonds is 2. The molecule has 0 radical (unpaired) electrons. The lowest BCUT2D eigenvalue weighted by molar-refractivity contribution is 0.453. The summed E-state index contributed by atoms with van der Waals surface area (Å²) in [4.78, 5) is 3.93. The summed E-state index contributed by atoms with van der Waals surface area (Å²) in [6.07, 6.45) is 3.29. The molecule has 0 fully saturated rings. The van der Waals surface area contributed by atoms with Gasteiger partial charge in [0, 0.05) is 24.5 Å². The molecule has 15 heavy (non-hydrogen) atoms. The van der Waals surface area contributed by atoms with Crippen molar-refractivity contribution < 1.29 is 9.84 Å². The van der Waals surface area contributed by atoms with Crippen LogP contribution in [0.25, 0.3) is 0 Å². The largest absolute Gasteiger partial charge is 0.508 e. The molecule has 0 spiro atoms. The normalized spacial score (nSPS) is 9.93. The number of halogens is 1. The Morgan fingerprint density at radius 1 is 1.27 bits per heavy atom. The zero-order valence-corrected chi connectivity index (χ0v) is 9.31. The van der Waals surface area contributed by atoms with Gasteiger partial charge >= 0.3 is 0 Å². The molecule has 0 aliphatic heterocycles. The van der Waals surface area contributed by atoms with Crippen molar-refractivity contribution >= 4 is 15.9 Å². The lowest BCUT2D eigenvalue weighted by Crippen LogP contribution is -1.85. The molecule has 0 amide bonds. The maximum Gasteiger partial charge on any atom is 0.144 e. The van der Waals surface area contributed by atoms with Crippen molar-refractivity contribution in [2.24, 2.45) is 0 Å². The number of aromatic hydroxyl groups is 1. The number of phenolic OH excluding ortho intramolecular Hbond substituents is 1.